The Hall–Kier alpha value is -1.90. The minimum atomic E-state index is 0.0914. The molecule has 34 heavy (non-hydrogen) atoms. The summed E-state index contributed by atoms with van der Waals surface area (Å²) in [5, 5.41) is 3.16. The Kier molecular flexibility index (Phi) is 6.75. The van der Waals surface area contributed by atoms with Gasteiger partial charge in [0.05, 0.1) is 5.39 Å². The van der Waals surface area contributed by atoms with Gasteiger partial charge in [-0.15, -0.1) is 22.7 Å². The molecular formula is C27H15Br3O2S2. The van der Waals surface area contributed by atoms with Gasteiger partial charge in [0.15, 0.2) is 10.9 Å². The minimum absolute atomic E-state index is 0.0914. The van der Waals surface area contributed by atoms with Crippen molar-refractivity contribution in [1.29, 1.82) is 0 Å². The Balaban J connectivity index is 0.000000142. The number of hydrogen-bond acceptors (Lipinski definition) is 4. The SMILES string of the molecule is Cc1ccc2c(=O)c3ccc(Br)cc3sc2c1.O=c1c2ccc(Br)cc2sc2cccc(Br)c12. The third-order valence-corrected chi connectivity index (χ3v) is 9.28. The molecule has 6 rings (SSSR count). The molecule has 0 atom stereocenters. The molecule has 0 bridgehead atoms. The lowest BCUT2D eigenvalue weighted by atomic mass is 10.1. The van der Waals surface area contributed by atoms with Crippen molar-refractivity contribution in [3.63, 3.8) is 0 Å². The molecule has 0 N–H and O–H groups in total. The van der Waals surface area contributed by atoms with Gasteiger partial charge in [-0.05, 0) is 89.1 Å². The minimum Gasteiger partial charge on any atom is -0.289 e. The third-order valence-electron chi connectivity index (χ3n) is 5.40. The molecule has 6 aromatic rings. The Morgan fingerprint density at radius 3 is 1.76 bits per heavy atom. The average Bonchev–Trinajstić information content (AvgIpc) is 2.79. The van der Waals surface area contributed by atoms with Crippen LogP contribution in [0.5, 0.6) is 0 Å². The zero-order valence-corrected chi connectivity index (χ0v) is 24.1. The molecule has 0 saturated heterocycles. The lowest BCUT2D eigenvalue weighted by Gasteiger charge is -2.02. The van der Waals surface area contributed by atoms with E-state index in [0.717, 1.165) is 53.8 Å². The maximum absolute atomic E-state index is 12.4. The zero-order chi connectivity index (χ0) is 24.0. The van der Waals surface area contributed by atoms with E-state index in [0.29, 0.717) is 0 Å². The van der Waals surface area contributed by atoms with Crippen LogP contribution in [0.1, 0.15) is 5.56 Å². The molecule has 0 fully saturated rings. The fourth-order valence-electron chi connectivity index (χ4n) is 3.76. The van der Waals surface area contributed by atoms with Gasteiger partial charge in [-0.3, -0.25) is 9.59 Å². The van der Waals surface area contributed by atoms with Crippen LogP contribution in [-0.4, -0.2) is 0 Å². The van der Waals surface area contributed by atoms with Crippen molar-refractivity contribution in [2.75, 3.05) is 0 Å². The van der Waals surface area contributed by atoms with Gasteiger partial charge in [-0.1, -0.05) is 44.0 Å². The summed E-state index contributed by atoms with van der Waals surface area (Å²) in [6.07, 6.45) is 0. The van der Waals surface area contributed by atoms with E-state index in [1.807, 2.05) is 73.7 Å². The highest BCUT2D eigenvalue weighted by molar-refractivity contribution is 9.11. The van der Waals surface area contributed by atoms with Crippen molar-refractivity contribution in [3.8, 4) is 0 Å². The second-order valence-electron chi connectivity index (χ2n) is 7.76. The third kappa shape index (κ3) is 4.52. The summed E-state index contributed by atoms with van der Waals surface area (Å²) in [6.45, 7) is 2.04. The number of halogens is 3. The van der Waals surface area contributed by atoms with Gasteiger partial charge in [0.25, 0.3) is 0 Å². The number of benzene rings is 4. The van der Waals surface area contributed by atoms with Gasteiger partial charge >= 0.3 is 0 Å². The molecule has 0 spiro atoms. The van der Waals surface area contributed by atoms with Crippen molar-refractivity contribution in [1.82, 2.24) is 0 Å². The van der Waals surface area contributed by atoms with Crippen LogP contribution in [0.2, 0.25) is 0 Å². The molecule has 0 saturated carbocycles. The van der Waals surface area contributed by atoms with E-state index in [1.165, 1.54) is 5.56 Å². The summed E-state index contributed by atoms with van der Waals surface area (Å²) in [6, 6.07) is 23.4. The van der Waals surface area contributed by atoms with E-state index < -0.39 is 0 Å². The summed E-state index contributed by atoms with van der Waals surface area (Å²) in [4.78, 5) is 24.7. The first-order chi connectivity index (χ1) is 16.3. The maximum atomic E-state index is 12.4. The van der Waals surface area contributed by atoms with E-state index in [-0.39, 0.29) is 10.9 Å². The summed E-state index contributed by atoms with van der Waals surface area (Å²) in [5.41, 5.74) is 1.40. The molecular weight excluding hydrogens is 660 g/mol. The summed E-state index contributed by atoms with van der Waals surface area (Å²) in [5.74, 6) is 0. The number of aryl methyl sites for hydroxylation is 1. The topological polar surface area (TPSA) is 34.1 Å². The zero-order valence-electron chi connectivity index (χ0n) is 17.7. The van der Waals surface area contributed by atoms with Crippen LogP contribution < -0.4 is 10.9 Å². The highest BCUT2D eigenvalue weighted by atomic mass is 79.9. The highest BCUT2D eigenvalue weighted by Gasteiger charge is 2.09. The lowest BCUT2D eigenvalue weighted by Crippen LogP contribution is -2.01. The van der Waals surface area contributed by atoms with E-state index >= 15 is 0 Å². The van der Waals surface area contributed by atoms with E-state index in [4.69, 9.17) is 0 Å². The number of fused-ring (bicyclic) bond motifs is 4. The van der Waals surface area contributed by atoms with Gasteiger partial charge in [-0.2, -0.15) is 0 Å². The largest absolute Gasteiger partial charge is 0.289 e. The fraction of sp³-hybridized carbons (Fsp3) is 0.0370. The molecule has 168 valence electrons. The van der Waals surface area contributed by atoms with Crippen molar-refractivity contribution in [2.45, 2.75) is 6.92 Å². The first-order valence-corrected chi connectivity index (χ1v) is 14.3. The molecule has 0 aliphatic heterocycles. The maximum Gasteiger partial charge on any atom is 0.197 e. The fourth-order valence-corrected chi connectivity index (χ4v) is 7.82. The Bertz CT molecular complexity index is 1770. The normalized spacial score (nSPS) is 11.2. The molecule has 2 aromatic heterocycles. The molecule has 4 aromatic carbocycles. The first kappa shape index (κ1) is 23.8. The van der Waals surface area contributed by atoms with Crippen molar-refractivity contribution < 1.29 is 0 Å². The molecule has 2 heterocycles. The molecule has 0 amide bonds. The predicted octanol–water partition coefficient (Wildman–Crippen LogP) is 9.43. The number of rotatable bonds is 0. The molecule has 2 nitrogen and oxygen atoms in total. The highest BCUT2D eigenvalue weighted by Crippen LogP contribution is 2.30. The van der Waals surface area contributed by atoms with Crippen LogP contribution in [-0.2, 0) is 0 Å². The van der Waals surface area contributed by atoms with E-state index in [2.05, 4.69) is 53.9 Å². The van der Waals surface area contributed by atoms with E-state index in [1.54, 1.807) is 22.7 Å². The molecule has 0 aliphatic rings. The molecule has 0 aliphatic carbocycles. The van der Waals surface area contributed by atoms with Gasteiger partial charge in [0.2, 0.25) is 0 Å². The van der Waals surface area contributed by atoms with Crippen molar-refractivity contribution >= 4 is 111 Å². The van der Waals surface area contributed by atoms with Crippen molar-refractivity contribution in [2.24, 2.45) is 0 Å². The molecule has 7 heteroatoms. The van der Waals surface area contributed by atoms with Gasteiger partial charge in [0, 0.05) is 48.4 Å². The summed E-state index contributed by atoms with van der Waals surface area (Å²) < 4.78 is 6.97. The van der Waals surface area contributed by atoms with Gasteiger partial charge in [0.1, 0.15) is 0 Å². The lowest BCUT2D eigenvalue weighted by molar-refractivity contribution is 1.51. The van der Waals surface area contributed by atoms with Crippen LogP contribution in [0.15, 0.2) is 95.8 Å². The first-order valence-electron chi connectivity index (χ1n) is 10.2. The second kappa shape index (κ2) is 9.63. The average molecular weight is 675 g/mol. The Morgan fingerprint density at radius 2 is 1.12 bits per heavy atom. The molecule has 0 radical (unpaired) electrons. The van der Waals surface area contributed by atoms with E-state index in [9.17, 15) is 9.59 Å². The van der Waals surface area contributed by atoms with Crippen LogP contribution in [0.25, 0.3) is 40.3 Å². The smallest absolute Gasteiger partial charge is 0.197 e. The predicted molar refractivity (Wildman–Crippen MR) is 159 cm³/mol. The number of hydrogen-bond donors (Lipinski definition) is 0. The Labute approximate surface area is 228 Å². The molecule has 0 unspecified atom stereocenters. The van der Waals surface area contributed by atoms with Gasteiger partial charge in [-0.25, -0.2) is 0 Å². The van der Waals surface area contributed by atoms with Gasteiger partial charge < -0.3 is 0 Å². The Morgan fingerprint density at radius 1 is 0.588 bits per heavy atom. The standard InChI is InChI=1S/C14H9BrOS.C13H6Br2OS/c1-8-2-4-10-12(6-8)17-13-7-9(15)3-5-11(13)14(10)16;14-7-4-5-8-11(6-7)17-10-3-1-2-9(15)12(10)13(8)16/h2-7H,1H3;1-6H. The quantitative estimate of drug-likeness (QED) is 0.151. The summed E-state index contributed by atoms with van der Waals surface area (Å²) >= 11 is 13.6. The van der Waals surface area contributed by atoms with Crippen molar-refractivity contribution in [3.05, 3.63) is 112 Å². The van der Waals surface area contributed by atoms with Crippen LogP contribution in [0.3, 0.4) is 0 Å². The monoisotopic (exact) mass is 672 g/mol. The van der Waals surface area contributed by atoms with Crippen LogP contribution >= 0.6 is 70.5 Å². The van der Waals surface area contributed by atoms with Crippen LogP contribution in [0, 0.1) is 6.92 Å². The van der Waals surface area contributed by atoms with Crippen LogP contribution in [0.4, 0.5) is 0 Å². The second-order valence-corrected chi connectivity index (χ2v) is 12.6. The summed E-state index contributed by atoms with van der Waals surface area (Å²) in [7, 11) is 0.